The van der Waals surface area contributed by atoms with E-state index in [0.29, 0.717) is 23.5 Å². The Morgan fingerprint density at radius 3 is 2.63 bits per heavy atom. The second-order valence-electron chi connectivity index (χ2n) is 4.33. The van der Waals surface area contributed by atoms with Gasteiger partial charge in [-0.3, -0.25) is 0 Å². The van der Waals surface area contributed by atoms with Gasteiger partial charge in [-0.2, -0.15) is 0 Å². The van der Waals surface area contributed by atoms with Gasteiger partial charge in [0.05, 0.1) is 12.8 Å². The Hall–Kier alpha value is -2.23. The van der Waals surface area contributed by atoms with Gasteiger partial charge in [0, 0.05) is 18.2 Å². The van der Waals surface area contributed by atoms with Crippen molar-refractivity contribution < 1.29 is 14.2 Å². The van der Waals surface area contributed by atoms with Crippen molar-refractivity contribution in [3.8, 4) is 11.5 Å². The van der Waals surface area contributed by atoms with E-state index in [1.54, 1.807) is 18.2 Å². The van der Waals surface area contributed by atoms with Crippen LogP contribution < -0.4 is 10.1 Å². The highest BCUT2D eigenvalue weighted by molar-refractivity contribution is 5.48. The van der Waals surface area contributed by atoms with Crippen molar-refractivity contribution in [2.45, 2.75) is 13.5 Å². The number of benzene rings is 2. The molecule has 0 spiro atoms. The summed E-state index contributed by atoms with van der Waals surface area (Å²) in [5.41, 5.74) is 1.97. The predicted molar refractivity (Wildman–Crippen MR) is 73.1 cm³/mol. The molecule has 4 heteroatoms. The van der Waals surface area contributed by atoms with Crippen LogP contribution >= 0.6 is 0 Å². The van der Waals surface area contributed by atoms with E-state index in [4.69, 9.17) is 4.74 Å². The van der Waals surface area contributed by atoms with Crippen LogP contribution in [0.2, 0.25) is 0 Å². The minimum atomic E-state index is -0.298. The van der Waals surface area contributed by atoms with Crippen molar-refractivity contribution >= 4 is 5.69 Å². The molecule has 0 bridgehead atoms. The molecular weight excluding hydrogens is 245 g/mol. The number of halogens is 1. The van der Waals surface area contributed by atoms with E-state index in [0.717, 1.165) is 5.56 Å². The van der Waals surface area contributed by atoms with Gasteiger partial charge in [-0.15, -0.1) is 0 Å². The summed E-state index contributed by atoms with van der Waals surface area (Å²) < 4.78 is 18.6. The zero-order valence-electron chi connectivity index (χ0n) is 10.9. The van der Waals surface area contributed by atoms with Crippen LogP contribution in [0.3, 0.4) is 0 Å². The largest absolute Gasteiger partial charge is 0.507 e. The smallest absolute Gasteiger partial charge is 0.146 e. The predicted octanol–water partition coefficient (Wildman–Crippen LogP) is 3.46. The molecule has 0 heterocycles. The van der Waals surface area contributed by atoms with E-state index in [9.17, 15) is 9.50 Å². The monoisotopic (exact) mass is 261 g/mol. The molecule has 100 valence electrons. The number of nitrogens with one attached hydrogen (secondary N) is 1. The number of hydrogen-bond acceptors (Lipinski definition) is 3. The van der Waals surface area contributed by atoms with E-state index >= 15 is 0 Å². The van der Waals surface area contributed by atoms with Crippen LogP contribution in [0.15, 0.2) is 36.4 Å². The lowest BCUT2D eigenvalue weighted by Gasteiger charge is -2.10. The number of hydrogen-bond donors (Lipinski definition) is 2. The number of ether oxygens (including phenoxy) is 1. The maximum Gasteiger partial charge on any atom is 0.146 e. The van der Waals surface area contributed by atoms with Crippen LogP contribution in [-0.2, 0) is 6.54 Å². The molecule has 2 aromatic rings. The molecule has 0 fully saturated rings. The van der Waals surface area contributed by atoms with E-state index in [2.05, 4.69) is 5.32 Å². The normalized spacial score (nSPS) is 10.3. The number of rotatable bonds is 4. The third-order valence-electron chi connectivity index (χ3n) is 2.89. The molecule has 0 aliphatic heterocycles. The average Bonchev–Trinajstić information content (AvgIpc) is 2.39. The van der Waals surface area contributed by atoms with Crippen molar-refractivity contribution in [3.63, 3.8) is 0 Å². The maximum absolute atomic E-state index is 13.6. The number of phenols is 1. The lowest BCUT2D eigenvalue weighted by atomic mass is 10.1. The summed E-state index contributed by atoms with van der Waals surface area (Å²) in [6.45, 7) is 2.18. The molecule has 19 heavy (non-hydrogen) atoms. The van der Waals surface area contributed by atoms with Crippen molar-refractivity contribution in [2.75, 3.05) is 12.4 Å². The molecule has 0 saturated carbocycles. The first-order valence-electron chi connectivity index (χ1n) is 5.96. The van der Waals surface area contributed by atoms with Crippen LogP contribution in [0.25, 0.3) is 0 Å². The van der Waals surface area contributed by atoms with Crippen LogP contribution in [-0.4, -0.2) is 12.2 Å². The Kier molecular flexibility index (Phi) is 3.90. The first-order chi connectivity index (χ1) is 9.10. The molecule has 0 unspecified atom stereocenters. The summed E-state index contributed by atoms with van der Waals surface area (Å²) in [5, 5.41) is 12.8. The van der Waals surface area contributed by atoms with Crippen molar-refractivity contribution in [1.82, 2.24) is 0 Å². The minimum absolute atomic E-state index is 0.124. The zero-order chi connectivity index (χ0) is 13.8. The Balaban J connectivity index is 2.10. The lowest BCUT2D eigenvalue weighted by molar-refractivity contribution is 0.406. The van der Waals surface area contributed by atoms with Gasteiger partial charge in [0.2, 0.25) is 0 Å². The van der Waals surface area contributed by atoms with E-state index < -0.39 is 0 Å². The second kappa shape index (κ2) is 5.61. The topological polar surface area (TPSA) is 41.5 Å². The van der Waals surface area contributed by atoms with Gasteiger partial charge in [-0.25, -0.2) is 4.39 Å². The van der Waals surface area contributed by atoms with Gasteiger partial charge in [-0.1, -0.05) is 6.07 Å². The molecule has 2 N–H and O–H groups in total. The summed E-state index contributed by atoms with van der Waals surface area (Å²) in [6, 6.07) is 10.0. The number of phenolic OH excluding ortho intramolecular Hbond substituents is 1. The Bertz CT molecular complexity index is 584. The molecule has 0 atom stereocenters. The molecule has 0 saturated heterocycles. The fraction of sp³-hybridized carbons (Fsp3) is 0.200. The van der Waals surface area contributed by atoms with Gasteiger partial charge in [0.15, 0.2) is 0 Å². The van der Waals surface area contributed by atoms with Gasteiger partial charge < -0.3 is 15.2 Å². The standard InChI is InChI=1S/C15H16FNO2/c1-10-3-6-14(13(16)7-10)17-9-11-4-5-12(19-2)8-15(11)18/h3-8,17-18H,9H2,1-2H3. The minimum Gasteiger partial charge on any atom is -0.507 e. The van der Waals surface area contributed by atoms with E-state index in [1.165, 1.54) is 19.2 Å². The van der Waals surface area contributed by atoms with E-state index in [-0.39, 0.29) is 11.6 Å². The van der Waals surface area contributed by atoms with Crippen molar-refractivity contribution in [2.24, 2.45) is 0 Å². The van der Waals surface area contributed by atoms with Crippen LogP contribution in [0.4, 0.5) is 10.1 Å². The average molecular weight is 261 g/mol. The number of aromatic hydroxyl groups is 1. The second-order valence-corrected chi connectivity index (χ2v) is 4.33. The Morgan fingerprint density at radius 2 is 2.00 bits per heavy atom. The molecule has 2 rings (SSSR count). The van der Waals surface area contributed by atoms with Crippen molar-refractivity contribution in [1.29, 1.82) is 0 Å². The molecule has 0 radical (unpaired) electrons. The zero-order valence-corrected chi connectivity index (χ0v) is 10.9. The maximum atomic E-state index is 13.6. The quantitative estimate of drug-likeness (QED) is 0.885. The Labute approximate surface area is 111 Å². The SMILES string of the molecule is COc1ccc(CNc2ccc(C)cc2F)c(O)c1. The number of anilines is 1. The fourth-order valence-electron chi connectivity index (χ4n) is 1.77. The molecular formula is C15H16FNO2. The summed E-state index contributed by atoms with van der Waals surface area (Å²) in [7, 11) is 1.54. The first-order valence-corrected chi connectivity index (χ1v) is 5.96. The lowest BCUT2D eigenvalue weighted by Crippen LogP contribution is -2.02. The molecule has 0 aliphatic carbocycles. The molecule has 0 aliphatic rings. The molecule has 3 nitrogen and oxygen atoms in total. The van der Waals surface area contributed by atoms with Crippen LogP contribution in [0.5, 0.6) is 11.5 Å². The fourth-order valence-corrected chi connectivity index (χ4v) is 1.77. The summed E-state index contributed by atoms with van der Waals surface area (Å²) >= 11 is 0. The van der Waals surface area contributed by atoms with Gasteiger partial charge >= 0.3 is 0 Å². The highest BCUT2D eigenvalue weighted by Crippen LogP contribution is 2.24. The van der Waals surface area contributed by atoms with E-state index in [1.807, 2.05) is 13.0 Å². The summed E-state index contributed by atoms with van der Waals surface area (Å²) in [4.78, 5) is 0. The Morgan fingerprint density at radius 1 is 1.21 bits per heavy atom. The van der Waals surface area contributed by atoms with Gasteiger partial charge in [0.1, 0.15) is 17.3 Å². The number of methoxy groups -OCH3 is 1. The molecule has 0 aromatic heterocycles. The molecule has 2 aromatic carbocycles. The third-order valence-corrected chi connectivity index (χ3v) is 2.89. The van der Waals surface area contributed by atoms with Gasteiger partial charge in [-0.05, 0) is 36.8 Å². The van der Waals surface area contributed by atoms with Crippen LogP contribution in [0.1, 0.15) is 11.1 Å². The highest BCUT2D eigenvalue weighted by Gasteiger charge is 2.05. The molecule has 0 amide bonds. The summed E-state index contributed by atoms with van der Waals surface area (Å²) in [6.07, 6.45) is 0. The third kappa shape index (κ3) is 3.16. The van der Waals surface area contributed by atoms with Crippen molar-refractivity contribution in [3.05, 3.63) is 53.3 Å². The van der Waals surface area contributed by atoms with Gasteiger partial charge in [0.25, 0.3) is 0 Å². The number of aryl methyl sites for hydroxylation is 1. The van der Waals surface area contributed by atoms with Crippen LogP contribution in [0, 0.1) is 12.7 Å². The highest BCUT2D eigenvalue weighted by atomic mass is 19.1. The first kappa shape index (κ1) is 13.2. The summed E-state index contributed by atoms with van der Waals surface area (Å²) in [5.74, 6) is 0.412.